The van der Waals surface area contributed by atoms with Crippen molar-refractivity contribution in [2.45, 2.75) is 44.2 Å². The van der Waals surface area contributed by atoms with Gasteiger partial charge in [-0.05, 0) is 42.5 Å². The molecule has 0 saturated heterocycles. The van der Waals surface area contributed by atoms with Gasteiger partial charge in [-0.15, -0.1) is 0 Å². The van der Waals surface area contributed by atoms with E-state index in [1.807, 2.05) is 41.2 Å². The summed E-state index contributed by atoms with van der Waals surface area (Å²) in [6, 6.07) is 30.1. The lowest BCUT2D eigenvalue weighted by atomic mass is 9.87. The fourth-order valence-electron chi connectivity index (χ4n) is 4.20. The van der Waals surface area contributed by atoms with E-state index in [9.17, 15) is 9.90 Å². The molecule has 1 heterocycles. The summed E-state index contributed by atoms with van der Waals surface area (Å²) in [6.45, 7) is 0.799. The normalized spacial score (nSPS) is 11.9. The zero-order chi connectivity index (χ0) is 23.6. The van der Waals surface area contributed by atoms with Crippen molar-refractivity contribution in [3.05, 3.63) is 120 Å². The van der Waals surface area contributed by atoms with Gasteiger partial charge in [0.15, 0.2) is 6.10 Å². The van der Waals surface area contributed by atoms with Gasteiger partial charge in [-0.25, -0.2) is 4.79 Å². The maximum Gasteiger partial charge on any atom is 0.344 e. The first kappa shape index (κ1) is 23.3. The molecule has 174 valence electrons. The maximum atomic E-state index is 11.6. The zero-order valence-electron chi connectivity index (χ0n) is 19.2. The van der Waals surface area contributed by atoms with Crippen LogP contribution in [-0.4, -0.2) is 27.0 Å². The number of rotatable bonds is 12. The number of benzene rings is 3. The van der Waals surface area contributed by atoms with Crippen molar-refractivity contribution >= 4 is 5.97 Å². The molecular formula is C29H30N2O3. The number of nitrogens with zero attached hydrogens (tertiary/aromatic N) is 2. The lowest BCUT2D eigenvalue weighted by molar-refractivity contribution is -0.145. The van der Waals surface area contributed by atoms with Crippen LogP contribution in [0.25, 0.3) is 0 Å². The van der Waals surface area contributed by atoms with Crippen LogP contribution in [0.1, 0.15) is 48.3 Å². The van der Waals surface area contributed by atoms with Gasteiger partial charge in [-0.1, -0.05) is 85.3 Å². The fraction of sp³-hybridized carbons (Fsp3) is 0.241. The Bertz CT molecular complexity index is 1100. The highest BCUT2D eigenvalue weighted by atomic mass is 16.5. The first-order chi connectivity index (χ1) is 16.7. The summed E-state index contributed by atoms with van der Waals surface area (Å²) in [4.78, 5) is 11.6. The van der Waals surface area contributed by atoms with E-state index in [-0.39, 0.29) is 5.92 Å². The van der Waals surface area contributed by atoms with Crippen LogP contribution in [0.15, 0.2) is 103 Å². The SMILES string of the molecule is O=C(O)C(CCCCCn1cc(C(c2ccccc2)c2ccccc2)cn1)Oc1ccccc1. The first-order valence-corrected chi connectivity index (χ1v) is 11.8. The van der Waals surface area contributed by atoms with Crippen molar-refractivity contribution in [2.75, 3.05) is 0 Å². The molecule has 1 unspecified atom stereocenters. The maximum absolute atomic E-state index is 11.6. The molecule has 5 heteroatoms. The Morgan fingerprint density at radius 2 is 1.38 bits per heavy atom. The molecule has 0 spiro atoms. The molecule has 0 aliphatic heterocycles. The molecule has 1 N–H and O–H groups in total. The molecule has 0 radical (unpaired) electrons. The zero-order valence-corrected chi connectivity index (χ0v) is 19.2. The summed E-state index contributed by atoms with van der Waals surface area (Å²) < 4.78 is 7.63. The van der Waals surface area contributed by atoms with Crippen molar-refractivity contribution in [1.82, 2.24) is 9.78 Å². The summed E-state index contributed by atoms with van der Waals surface area (Å²) >= 11 is 0. The van der Waals surface area contributed by atoms with E-state index in [1.54, 1.807) is 12.1 Å². The Hall–Kier alpha value is -3.86. The lowest BCUT2D eigenvalue weighted by Gasteiger charge is -2.16. The van der Waals surface area contributed by atoms with Gasteiger partial charge in [0.25, 0.3) is 0 Å². The van der Waals surface area contributed by atoms with E-state index in [2.05, 4.69) is 59.8 Å². The Morgan fingerprint density at radius 3 is 1.97 bits per heavy atom. The van der Waals surface area contributed by atoms with Crippen LogP contribution in [0.3, 0.4) is 0 Å². The largest absolute Gasteiger partial charge is 0.479 e. The van der Waals surface area contributed by atoms with Crippen LogP contribution < -0.4 is 4.74 Å². The molecule has 0 aliphatic carbocycles. The molecule has 0 saturated carbocycles. The van der Waals surface area contributed by atoms with Gasteiger partial charge < -0.3 is 9.84 Å². The van der Waals surface area contributed by atoms with Crippen LogP contribution in [-0.2, 0) is 11.3 Å². The monoisotopic (exact) mass is 454 g/mol. The highest BCUT2D eigenvalue weighted by Crippen LogP contribution is 2.31. The van der Waals surface area contributed by atoms with Crippen LogP contribution in [0.5, 0.6) is 5.75 Å². The minimum atomic E-state index is -0.923. The van der Waals surface area contributed by atoms with Crippen LogP contribution >= 0.6 is 0 Å². The number of carbonyl (C=O) groups is 1. The minimum Gasteiger partial charge on any atom is -0.479 e. The summed E-state index contributed by atoms with van der Waals surface area (Å²) in [7, 11) is 0. The van der Waals surface area contributed by atoms with Crippen molar-refractivity contribution < 1.29 is 14.6 Å². The topological polar surface area (TPSA) is 64.3 Å². The number of para-hydroxylation sites is 1. The van der Waals surface area contributed by atoms with Gasteiger partial charge >= 0.3 is 5.97 Å². The first-order valence-electron chi connectivity index (χ1n) is 11.8. The van der Waals surface area contributed by atoms with Crippen molar-refractivity contribution in [3.8, 4) is 5.75 Å². The van der Waals surface area contributed by atoms with Gasteiger partial charge in [0.1, 0.15) is 5.75 Å². The van der Waals surface area contributed by atoms with E-state index in [1.165, 1.54) is 16.7 Å². The Balaban J connectivity index is 1.31. The molecule has 4 aromatic rings. The van der Waals surface area contributed by atoms with E-state index in [0.717, 1.165) is 25.8 Å². The van der Waals surface area contributed by atoms with Crippen LogP contribution in [0, 0.1) is 0 Å². The van der Waals surface area contributed by atoms with Gasteiger partial charge in [-0.2, -0.15) is 5.10 Å². The summed E-state index contributed by atoms with van der Waals surface area (Å²) in [5, 5.41) is 14.1. The number of carboxylic acid groups (broad SMARTS) is 1. The van der Waals surface area contributed by atoms with Gasteiger partial charge in [-0.3, -0.25) is 4.68 Å². The molecule has 5 nitrogen and oxygen atoms in total. The predicted octanol–water partition coefficient (Wildman–Crippen LogP) is 6.16. The quantitative estimate of drug-likeness (QED) is 0.261. The van der Waals surface area contributed by atoms with Crippen molar-refractivity contribution in [1.29, 1.82) is 0 Å². The second-order valence-electron chi connectivity index (χ2n) is 8.40. The number of hydrogen-bond acceptors (Lipinski definition) is 3. The summed E-state index contributed by atoms with van der Waals surface area (Å²) in [5.74, 6) is -0.193. The van der Waals surface area contributed by atoms with Gasteiger partial charge in [0.2, 0.25) is 0 Å². The Morgan fingerprint density at radius 1 is 0.794 bits per heavy atom. The molecule has 1 atom stereocenters. The number of aromatic nitrogens is 2. The molecule has 34 heavy (non-hydrogen) atoms. The minimum absolute atomic E-state index is 0.141. The average Bonchev–Trinajstić information content (AvgIpc) is 3.33. The summed E-state index contributed by atoms with van der Waals surface area (Å²) in [5.41, 5.74) is 3.65. The number of aryl methyl sites for hydroxylation is 1. The molecule has 0 amide bonds. The smallest absolute Gasteiger partial charge is 0.344 e. The highest BCUT2D eigenvalue weighted by Gasteiger charge is 2.19. The molecule has 1 aromatic heterocycles. The standard InChI is InChI=1S/C29H30N2O3/c32-29(33)27(34-26-17-9-3-10-18-26)19-11-4-12-20-31-22-25(21-30-31)28(23-13-5-1-6-14-23)24-15-7-2-8-16-24/h1-3,5-10,13-18,21-22,27-28H,4,11-12,19-20H2,(H,32,33). The number of aliphatic carboxylic acids is 1. The highest BCUT2D eigenvalue weighted by molar-refractivity contribution is 5.72. The third-order valence-corrected chi connectivity index (χ3v) is 5.90. The van der Waals surface area contributed by atoms with E-state index in [4.69, 9.17) is 4.74 Å². The number of hydrogen-bond donors (Lipinski definition) is 1. The second kappa shape index (κ2) is 11.8. The summed E-state index contributed by atoms with van der Waals surface area (Å²) in [6.07, 6.45) is 6.38. The average molecular weight is 455 g/mol. The van der Waals surface area contributed by atoms with E-state index >= 15 is 0 Å². The Labute approximate surface area is 200 Å². The number of carboxylic acids is 1. The van der Waals surface area contributed by atoms with E-state index < -0.39 is 12.1 Å². The molecule has 4 rings (SSSR count). The van der Waals surface area contributed by atoms with Gasteiger partial charge in [0, 0.05) is 24.2 Å². The fourth-order valence-corrected chi connectivity index (χ4v) is 4.20. The second-order valence-corrected chi connectivity index (χ2v) is 8.40. The van der Waals surface area contributed by atoms with Crippen molar-refractivity contribution in [2.24, 2.45) is 0 Å². The third-order valence-electron chi connectivity index (χ3n) is 5.90. The van der Waals surface area contributed by atoms with E-state index in [0.29, 0.717) is 12.2 Å². The predicted molar refractivity (Wildman–Crippen MR) is 133 cm³/mol. The molecular weight excluding hydrogens is 424 g/mol. The molecule has 3 aromatic carbocycles. The number of unbranched alkanes of at least 4 members (excludes halogenated alkanes) is 2. The number of ether oxygens (including phenoxy) is 1. The van der Waals surface area contributed by atoms with Crippen molar-refractivity contribution in [3.63, 3.8) is 0 Å². The third kappa shape index (κ3) is 6.35. The molecule has 0 fully saturated rings. The molecule has 0 aliphatic rings. The van der Waals surface area contributed by atoms with Crippen LogP contribution in [0.4, 0.5) is 0 Å². The lowest BCUT2D eigenvalue weighted by Crippen LogP contribution is -2.26. The van der Waals surface area contributed by atoms with Gasteiger partial charge in [0.05, 0.1) is 6.20 Å². The Kier molecular flexibility index (Phi) is 8.12. The molecule has 0 bridgehead atoms. The van der Waals surface area contributed by atoms with Crippen LogP contribution in [0.2, 0.25) is 0 Å².